The van der Waals surface area contributed by atoms with Crippen LogP contribution < -0.4 is 16.0 Å². The summed E-state index contributed by atoms with van der Waals surface area (Å²) in [7, 11) is 0. The third kappa shape index (κ3) is 3.73. The molecule has 11 heteroatoms. The van der Waals surface area contributed by atoms with Crippen molar-refractivity contribution in [3.05, 3.63) is 40.3 Å². The summed E-state index contributed by atoms with van der Waals surface area (Å²) in [5.74, 6) is 0.911. The van der Waals surface area contributed by atoms with Crippen LogP contribution >= 0.6 is 22.9 Å². The van der Waals surface area contributed by atoms with Crippen LogP contribution in [0.5, 0.6) is 0 Å². The van der Waals surface area contributed by atoms with Gasteiger partial charge in [-0.1, -0.05) is 11.6 Å². The molecule has 1 aliphatic rings. The first-order valence-corrected chi connectivity index (χ1v) is 10.9. The van der Waals surface area contributed by atoms with Gasteiger partial charge in [0.25, 0.3) is 5.91 Å². The molecule has 5 rings (SSSR count). The number of carbonyl (C=O) groups is 1. The van der Waals surface area contributed by atoms with Crippen molar-refractivity contribution < 1.29 is 9.53 Å². The van der Waals surface area contributed by atoms with E-state index in [1.165, 1.54) is 17.5 Å². The van der Waals surface area contributed by atoms with E-state index in [1.54, 1.807) is 6.20 Å². The van der Waals surface area contributed by atoms with E-state index in [-0.39, 0.29) is 11.1 Å². The zero-order valence-corrected chi connectivity index (χ0v) is 18.1. The summed E-state index contributed by atoms with van der Waals surface area (Å²) in [6.45, 7) is 4.02. The summed E-state index contributed by atoms with van der Waals surface area (Å²) >= 11 is 7.48. The van der Waals surface area contributed by atoms with Gasteiger partial charge in [-0.05, 0) is 19.1 Å². The molecule has 4 aromatic rings. The number of carbonyl (C=O) groups excluding carboxylic acids is 1. The largest absolute Gasteiger partial charge is 0.381 e. The van der Waals surface area contributed by atoms with Crippen LogP contribution in [0.15, 0.2) is 24.5 Å². The first-order chi connectivity index (χ1) is 15.1. The standard InChI is InChI=1S/C20H18ClN7O2S/c1-2-30-9-11-19(27-13(21)7-24-11)28-14-8-25-16-10(26-14)3-4-12-15(16)17-18(31-12)20(29)23-6-5-22-17/h3-4,7-8,22H,2,5-6,9H2,1H3,(H,23,29)(H,26,27,28). The van der Waals surface area contributed by atoms with Gasteiger partial charge in [-0.25, -0.2) is 15.0 Å². The fourth-order valence-electron chi connectivity index (χ4n) is 3.42. The lowest BCUT2D eigenvalue weighted by Crippen LogP contribution is -2.24. The van der Waals surface area contributed by atoms with Crippen molar-refractivity contribution in [1.29, 1.82) is 0 Å². The topological polar surface area (TPSA) is 114 Å². The monoisotopic (exact) mass is 455 g/mol. The lowest BCUT2D eigenvalue weighted by atomic mass is 10.1. The highest BCUT2D eigenvalue weighted by molar-refractivity contribution is 7.21. The molecule has 9 nitrogen and oxygen atoms in total. The van der Waals surface area contributed by atoms with E-state index in [2.05, 4.69) is 30.9 Å². The summed E-state index contributed by atoms with van der Waals surface area (Å²) in [6, 6.07) is 3.86. The number of halogens is 1. The number of thiophene rings is 1. The van der Waals surface area contributed by atoms with Gasteiger partial charge < -0.3 is 20.7 Å². The van der Waals surface area contributed by atoms with Crippen LogP contribution in [0.4, 0.5) is 17.3 Å². The summed E-state index contributed by atoms with van der Waals surface area (Å²) < 4.78 is 6.44. The molecule has 1 aromatic carbocycles. The molecule has 0 unspecified atom stereocenters. The molecule has 0 bridgehead atoms. The van der Waals surface area contributed by atoms with Gasteiger partial charge in [0.1, 0.15) is 15.7 Å². The minimum atomic E-state index is -0.0676. The Bertz CT molecular complexity index is 1310. The lowest BCUT2D eigenvalue weighted by molar-refractivity contribution is 0.0962. The molecule has 158 valence electrons. The third-order valence-corrected chi connectivity index (χ3v) is 6.13. The number of fused-ring (bicyclic) bond motifs is 5. The SMILES string of the molecule is CCOCc1ncc(Cl)nc1Nc1cnc2c(ccc3sc4c(c32)NCCNC4=O)n1. The molecule has 0 saturated heterocycles. The fourth-order valence-corrected chi connectivity index (χ4v) is 4.65. The van der Waals surface area contributed by atoms with E-state index >= 15 is 0 Å². The van der Waals surface area contributed by atoms with Crippen molar-refractivity contribution in [2.24, 2.45) is 0 Å². The van der Waals surface area contributed by atoms with E-state index in [4.69, 9.17) is 21.3 Å². The number of anilines is 3. The number of hydrogen-bond acceptors (Lipinski definition) is 9. The Morgan fingerprint density at radius 3 is 2.94 bits per heavy atom. The molecule has 3 N–H and O–H groups in total. The Labute approximate surface area is 186 Å². The van der Waals surface area contributed by atoms with Crippen molar-refractivity contribution in [3.8, 4) is 0 Å². The molecular weight excluding hydrogens is 438 g/mol. The van der Waals surface area contributed by atoms with Crippen LogP contribution in [-0.2, 0) is 11.3 Å². The van der Waals surface area contributed by atoms with Crippen LogP contribution in [0.25, 0.3) is 21.1 Å². The number of nitrogens with one attached hydrogen (secondary N) is 3. The van der Waals surface area contributed by atoms with Gasteiger partial charge in [-0.15, -0.1) is 11.3 Å². The molecule has 4 heterocycles. The van der Waals surface area contributed by atoms with Crippen molar-refractivity contribution in [1.82, 2.24) is 25.3 Å². The van der Waals surface area contributed by atoms with Gasteiger partial charge >= 0.3 is 0 Å². The number of amides is 1. The highest BCUT2D eigenvalue weighted by atomic mass is 35.5. The number of rotatable bonds is 5. The van der Waals surface area contributed by atoms with Gasteiger partial charge in [-0.3, -0.25) is 9.78 Å². The first kappa shape index (κ1) is 19.9. The van der Waals surface area contributed by atoms with Gasteiger partial charge in [0.2, 0.25) is 0 Å². The second-order valence-electron chi connectivity index (χ2n) is 6.80. The Morgan fingerprint density at radius 1 is 1.19 bits per heavy atom. The van der Waals surface area contributed by atoms with Crippen LogP contribution in [0.1, 0.15) is 22.3 Å². The van der Waals surface area contributed by atoms with Gasteiger partial charge in [-0.2, -0.15) is 0 Å². The van der Waals surface area contributed by atoms with Crippen LogP contribution in [-0.4, -0.2) is 45.5 Å². The van der Waals surface area contributed by atoms with E-state index in [0.717, 1.165) is 21.3 Å². The normalized spacial score (nSPS) is 13.5. The number of ether oxygens (including phenoxy) is 1. The zero-order valence-electron chi connectivity index (χ0n) is 16.5. The van der Waals surface area contributed by atoms with Crippen molar-refractivity contribution in [2.45, 2.75) is 13.5 Å². The Balaban J connectivity index is 1.56. The van der Waals surface area contributed by atoms with E-state index in [0.29, 0.717) is 54.0 Å². The van der Waals surface area contributed by atoms with E-state index < -0.39 is 0 Å². The first-order valence-electron chi connectivity index (χ1n) is 9.74. The van der Waals surface area contributed by atoms with Gasteiger partial charge in [0.05, 0.1) is 35.7 Å². The Hall–Kier alpha value is -3.08. The maximum absolute atomic E-state index is 12.4. The Kier molecular flexibility index (Phi) is 5.26. The summed E-state index contributed by atoms with van der Waals surface area (Å²) in [5, 5.41) is 10.6. The number of hydrogen-bond donors (Lipinski definition) is 3. The average molecular weight is 456 g/mol. The zero-order chi connectivity index (χ0) is 21.4. The fraction of sp³-hybridized carbons (Fsp3) is 0.250. The van der Waals surface area contributed by atoms with Crippen molar-refractivity contribution in [2.75, 3.05) is 30.3 Å². The third-order valence-electron chi connectivity index (χ3n) is 4.79. The quantitative estimate of drug-likeness (QED) is 0.417. The molecule has 3 aromatic heterocycles. The lowest BCUT2D eigenvalue weighted by Gasteiger charge is -2.11. The van der Waals surface area contributed by atoms with Gasteiger partial charge in [0, 0.05) is 29.8 Å². The van der Waals surface area contributed by atoms with Crippen molar-refractivity contribution in [3.63, 3.8) is 0 Å². The smallest absolute Gasteiger partial charge is 0.263 e. The number of nitrogens with zero attached hydrogens (tertiary/aromatic N) is 4. The summed E-state index contributed by atoms with van der Waals surface area (Å²) in [5.41, 5.74) is 2.87. The van der Waals surface area contributed by atoms with Crippen LogP contribution in [0.3, 0.4) is 0 Å². The minimum absolute atomic E-state index is 0.0676. The Morgan fingerprint density at radius 2 is 2.06 bits per heavy atom. The van der Waals surface area contributed by atoms with Gasteiger partial charge in [0.15, 0.2) is 11.6 Å². The molecule has 0 fully saturated rings. The second-order valence-corrected chi connectivity index (χ2v) is 8.24. The summed E-state index contributed by atoms with van der Waals surface area (Å²) in [4.78, 5) is 31.0. The van der Waals surface area contributed by atoms with Crippen molar-refractivity contribution >= 4 is 67.3 Å². The molecule has 31 heavy (non-hydrogen) atoms. The highest BCUT2D eigenvalue weighted by Gasteiger charge is 2.23. The van der Waals surface area contributed by atoms with E-state index in [1.807, 2.05) is 19.1 Å². The molecule has 0 radical (unpaired) electrons. The number of aromatic nitrogens is 4. The predicted molar refractivity (Wildman–Crippen MR) is 121 cm³/mol. The van der Waals surface area contributed by atoms with E-state index in [9.17, 15) is 4.79 Å². The minimum Gasteiger partial charge on any atom is -0.381 e. The molecule has 0 spiro atoms. The highest BCUT2D eigenvalue weighted by Crippen LogP contribution is 2.40. The molecule has 0 atom stereocenters. The molecule has 1 aliphatic heterocycles. The molecule has 0 saturated carbocycles. The second kappa shape index (κ2) is 8.22. The van der Waals surface area contributed by atoms with Crippen LogP contribution in [0, 0.1) is 0 Å². The maximum atomic E-state index is 12.4. The van der Waals surface area contributed by atoms with Crippen LogP contribution in [0.2, 0.25) is 5.15 Å². The molecule has 1 amide bonds. The molecular formula is C20H18ClN7O2S. The number of benzene rings is 1. The molecule has 0 aliphatic carbocycles. The predicted octanol–water partition coefficient (Wildman–Crippen LogP) is 3.72. The maximum Gasteiger partial charge on any atom is 0.263 e. The average Bonchev–Trinajstić information content (AvgIpc) is 3.05. The summed E-state index contributed by atoms with van der Waals surface area (Å²) in [6.07, 6.45) is 3.12.